The summed E-state index contributed by atoms with van der Waals surface area (Å²) in [4.78, 5) is 13.4. The molecule has 1 amide bonds. The van der Waals surface area contributed by atoms with Crippen LogP contribution in [0.15, 0.2) is 57.9 Å². The Balaban J connectivity index is 1.43. The molecule has 0 spiro atoms. The Bertz CT molecular complexity index is 937. The van der Waals surface area contributed by atoms with E-state index in [0.29, 0.717) is 24.5 Å². The second-order valence-corrected chi connectivity index (χ2v) is 7.70. The van der Waals surface area contributed by atoms with Crippen molar-refractivity contribution in [2.75, 3.05) is 12.3 Å². The molecule has 0 aliphatic carbocycles. The third-order valence-corrected chi connectivity index (χ3v) is 5.45. The van der Waals surface area contributed by atoms with Crippen LogP contribution in [0.4, 0.5) is 4.39 Å². The number of aryl methyl sites for hydroxylation is 2. The molecule has 0 saturated carbocycles. The van der Waals surface area contributed by atoms with Gasteiger partial charge in [-0.1, -0.05) is 11.2 Å². The third-order valence-electron chi connectivity index (χ3n) is 4.35. The molecule has 2 aromatic carbocycles. The fraction of sp³-hybridized carbons (Fsp3) is 0.273. The summed E-state index contributed by atoms with van der Waals surface area (Å²) in [6, 6.07) is 13.5. The summed E-state index contributed by atoms with van der Waals surface area (Å²) in [7, 11) is 0. The third kappa shape index (κ3) is 6.09. The highest BCUT2D eigenvalue weighted by molar-refractivity contribution is 7.99. The summed E-state index contributed by atoms with van der Waals surface area (Å²) < 4.78 is 23.8. The van der Waals surface area contributed by atoms with Gasteiger partial charge in [0.05, 0.1) is 11.3 Å². The fourth-order valence-corrected chi connectivity index (χ4v) is 3.54. The van der Waals surface area contributed by atoms with Gasteiger partial charge in [-0.05, 0) is 68.5 Å². The van der Waals surface area contributed by atoms with Crippen LogP contribution in [-0.2, 0) is 6.61 Å². The molecule has 0 radical (unpaired) electrons. The largest absolute Gasteiger partial charge is 0.489 e. The van der Waals surface area contributed by atoms with E-state index in [9.17, 15) is 9.18 Å². The molecule has 7 heteroatoms. The summed E-state index contributed by atoms with van der Waals surface area (Å²) in [6.45, 7) is 4.62. The van der Waals surface area contributed by atoms with Crippen molar-refractivity contribution in [2.45, 2.75) is 31.8 Å². The summed E-state index contributed by atoms with van der Waals surface area (Å²) in [6.07, 6.45) is 0.815. The van der Waals surface area contributed by atoms with Crippen molar-refractivity contribution in [1.29, 1.82) is 0 Å². The molecular formula is C22H23FN2O3S. The van der Waals surface area contributed by atoms with Gasteiger partial charge in [0.1, 0.15) is 23.9 Å². The van der Waals surface area contributed by atoms with Crippen LogP contribution in [0, 0.1) is 19.7 Å². The Morgan fingerprint density at radius 3 is 2.72 bits per heavy atom. The first kappa shape index (κ1) is 20.9. The minimum Gasteiger partial charge on any atom is -0.489 e. The van der Waals surface area contributed by atoms with Gasteiger partial charge in [0.2, 0.25) is 0 Å². The van der Waals surface area contributed by atoms with Crippen LogP contribution in [0.1, 0.15) is 33.8 Å². The monoisotopic (exact) mass is 414 g/mol. The predicted octanol–water partition coefficient (Wildman–Crippen LogP) is 4.92. The van der Waals surface area contributed by atoms with E-state index in [1.54, 1.807) is 42.1 Å². The molecule has 1 N–H and O–H groups in total. The Morgan fingerprint density at radius 1 is 1.21 bits per heavy atom. The molecule has 152 valence electrons. The lowest BCUT2D eigenvalue weighted by Crippen LogP contribution is -2.24. The first-order valence-corrected chi connectivity index (χ1v) is 10.3. The van der Waals surface area contributed by atoms with E-state index in [-0.39, 0.29) is 11.7 Å². The van der Waals surface area contributed by atoms with E-state index >= 15 is 0 Å². The van der Waals surface area contributed by atoms with Crippen LogP contribution in [0.2, 0.25) is 0 Å². The molecule has 0 aliphatic rings. The molecule has 29 heavy (non-hydrogen) atoms. The average Bonchev–Trinajstić information content (AvgIpc) is 3.05. The number of hydrogen-bond donors (Lipinski definition) is 1. The van der Waals surface area contributed by atoms with Crippen molar-refractivity contribution >= 4 is 17.7 Å². The van der Waals surface area contributed by atoms with E-state index in [1.165, 1.54) is 12.1 Å². The summed E-state index contributed by atoms with van der Waals surface area (Å²) in [5, 5.41) is 6.83. The highest BCUT2D eigenvalue weighted by Crippen LogP contribution is 2.20. The number of carbonyl (C=O) groups is 1. The Hall–Kier alpha value is -2.80. The highest BCUT2D eigenvalue weighted by Gasteiger charge is 2.11. The van der Waals surface area contributed by atoms with Gasteiger partial charge in [-0.2, -0.15) is 0 Å². The fourth-order valence-electron chi connectivity index (χ4n) is 2.69. The maximum absolute atomic E-state index is 12.9. The van der Waals surface area contributed by atoms with Crippen LogP contribution in [0.25, 0.3) is 0 Å². The molecule has 3 aromatic rings. The highest BCUT2D eigenvalue weighted by atomic mass is 32.2. The number of aromatic nitrogens is 1. The second kappa shape index (κ2) is 10.1. The van der Waals surface area contributed by atoms with Crippen LogP contribution in [-0.4, -0.2) is 23.4 Å². The van der Waals surface area contributed by atoms with Crippen molar-refractivity contribution in [2.24, 2.45) is 0 Å². The zero-order valence-corrected chi connectivity index (χ0v) is 17.2. The number of hydrogen-bond acceptors (Lipinski definition) is 5. The van der Waals surface area contributed by atoms with Crippen molar-refractivity contribution in [3.63, 3.8) is 0 Å². The second-order valence-electron chi connectivity index (χ2n) is 6.53. The molecular weight excluding hydrogens is 391 g/mol. The molecule has 0 saturated heterocycles. The zero-order valence-electron chi connectivity index (χ0n) is 16.4. The normalized spacial score (nSPS) is 10.7. The van der Waals surface area contributed by atoms with Gasteiger partial charge in [0.25, 0.3) is 5.91 Å². The molecule has 0 aliphatic heterocycles. The lowest BCUT2D eigenvalue weighted by molar-refractivity contribution is 0.0953. The molecule has 1 aromatic heterocycles. The van der Waals surface area contributed by atoms with E-state index < -0.39 is 0 Å². The number of nitrogens with zero attached hydrogens (tertiary/aromatic N) is 1. The SMILES string of the molecule is Cc1noc(C)c1COc1cccc(C(=O)NCCCSc2ccc(F)cc2)c1. The number of rotatable bonds is 9. The van der Waals surface area contributed by atoms with Gasteiger partial charge >= 0.3 is 0 Å². The smallest absolute Gasteiger partial charge is 0.251 e. The number of amides is 1. The van der Waals surface area contributed by atoms with E-state index in [4.69, 9.17) is 9.26 Å². The average molecular weight is 415 g/mol. The maximum Gasteiger partial charge on any atom is 0.251 e. The lowest BCUT2D eigenvalue weighted by atomic mass is 10.2. The zero-order chi connectivity index (χ0) is 20.6. The number of ether oxygens (including phenoxy) is 1. The van der Waals surface area contributed by atoms with E-state index in [0.717, 1.165) is 34.1 Å². The van der Waals surface area contributed by atoms with Crippen molar-refractivity contribution in [3.8, 4) is 5.75 Å². The van der Waals surface area contributed by atoms with Gasteiger partial charge in [-0.3, -0.25) is 4.79 Å². The standard InChI is InChI=1S/C22H23FN2O3S/c1-15-21(16(2)28-25-15)14-27-19-6-3-5-17(13-19)22(26)24-11-4-12-29-20-9-7-18(23)8-10-20/h3,5-10,13H,4,11-12,14H2,1-2H3,(H,24,26). The maximum atomic E-state index is 12.9. The van der Waals surface area contributed by atoms with Gasteiger partial charge in [0.15, 0.2) is 0 Å². The molecule has 0 bridgehead atoms. The molecule has 0 fully saturated rings. The predicted molar refractivity (Wildman–Crippen MR) is 111 cm³/mol. The van der Waals surface area contributed by atoms with Crippen LogP contribution in [0.5, 0.6) is 5.75 Å². The van der Waals surface area contributed by atoms with Crippen LogP contribution in [0.3, 0.4) is 0 Å². The minimum absolute atomic E-state index is 0.139. The topological polar surface area (TPSA) is 64.4 Å². The minimum atomic E-state index is -0.237. The van der Waals surface area contributed by atoms with Gasteiger partial charge in [-0.25, -0.2) is 4.39 Å². The van der Waals surface area contributed by atoms with Crippen molar-refractivity contribution < 1.29 is 18.4 Å². The molecule has 3 rings (SSSR count). The molecule has 0 unspecified atom stereocenters. The van der Waals surface area contributed by atoms with Gasteiger partial charge in [0, 0.05) is 17.0 Å². The number of thioether (sulfide) groups is 1. The summed E-state index contributed by atoms with van der Waals surface area (Å²) >= 11 is 1.64. The number of halogens is 1. The first-order chi connectivity index (χ1) is 14.0. The van der Waals surface area contributed by atoms with Crippen LogP contribution >= 0.6 is 11.8 Å². The van der Waals surface area contributed by atoms with E-state index in [2.05, 4.69) is 10.5 Å². The lowest BCUT2D eigenvalue weighted by Gasteiger charge is -2.09. The Morgan fingerprint density at radius 2 is 2.00 bits per heavy atom. The first-order valence-electron chi connectivity index (χ1n) is 9.34. The van der Waals surface area contributed by atoms with Gasteiger partial charge < -0.3 is 14.6 Å². The molecule has 5 nitrogen and oxygen atoms in total. The number of benzene rings is 2. The van der Waals surface area contributed by atoms with Crippen LogP contribution < -0.4 is 10.1 Å². The van der Waals surface area contributed by atoms with E-state index in [1.807, 2.05) is 19.9 Å². The van der Waals surface area contributed by atoms with Crippen molar-refractivity contribution in [3.05, 3.63) is 76.9 Å². The quantitative estimate of drug-likeness (QED) is 0.398. The molecule has 1 heterocycles. The number of carbonyl (C=O) groups excluding carboxylic acids is 1. The summed E-state index contributed by atoms with van der Waals surface area (Å²) in [5.41, 5.74) is 2.26. The number of nitrogens with one attached hydrogen (secondary N) is 1. The van der Waals surface area contributed by atoms with Gasteiger partial charge in [-0.15, -0.1) is 11.8 Å². The summed E-state index contributed by atoms with van der Waals surface area (Å²) in [5.74, 6) is 1.81. The van der Waals surface area contributed by atoms with Crippen molar-refractivity contribution in [1.82, 2.24) is 10.5 Å². The Labute approximate surface area is 173 Å². The molecule has 0 atom stereocenters. The Kier molecular flexibility index (Phi) is 7.30.